The maximum Gasteiger partial charge on any atom is 0.290 e. The number of aliphatic hydroxyl groups is 1. The van der Waals surface area contributed by atoms with Gasteiger partial charge in [0, 0.05) is 16.4 Å². The number of carbonyl (C=O) groups excluding carboxylic acids is 2. The Balaban J connectivity index is 1.71. The first kappa shape index (κ1) is 20.4. The van der Waals surface area contributed by atoms with Crippen LogP contribution in [0.4, 0.5) is 0 Å². The molecule has 0 fully saturated rings. The van der Waals surface area contributed by atoms with E-state index < -0.39 is 23.5 Å². The third-order valence-corrected chi connectivity index (χ3v) is 5.56. The van der Waals surface area contributed by atoms with Gasteiger partial charge in [-0.15, -0.1) is 0 Å². The van der Waals surface area contributed by atoms with Gasteiger partial charge in [-0.25, -0.2) is 0 Å². The number of hydrogen-bond donors (Lipinski definition) is 1. The molecule has 156 valence electrons. The molecule has 0 saturated heterocycles. The maximum absolute atomic E-state index is 13.3. The second kappa shape index (κ2) is 8.12. The SMILES string of the molecule is CN(C)CCCN1C(=O)C(O)=C(C(=O)c2cc3cc(Br)ccc3o2)C1c1ccco1. The summed E-state index contributed by atoms with van der Waals surface area (Å²) in [7, 11) is 3.89. The Bertz CT molecular complexity index is 1130. The first-order valence-corrected chi connectivity index (χ1v) is 10.3. The number of Topliss-reactive ketones (excluding diaryl/α,β-unsaturated/α-hetero) is 1. The zero-order chi connectivity index (χ0) is 21.4. The molecule has 0 saturated carbocycles. The van der Waals surface area contributed by atoms with Gasteiger partial charge in [-0.1, -0.05) is 15.9 Å². The molecule has 8 heteroatoms. The fourth-order valence-electron chi connectivity index (χ4n) is 3.68. The van der Waals surface area contributed by atoms with E-state index in [4.69, 9.17) is 8.83 Å². The van der Waals surface area contributed by atoms with Crippen molar-refractivity contribution in [3.8, 4) is 0 Å². The van der Waals surface area contributed by atoms with E-state index in [1.807, 2.05) is 31.1 Å². The highest BCUT2D eigenvalue weighted by molar-refractivity contribution is 9.10. The molecular formula is C22H21BrN2O5. The van der Waals surface area contributed by atoms with Crippen molar-refractivity contribution in [1.29, 1.82) is 0 Å². The standard InChI is InChI=1S/C22H21BrN2O5/c1-24(2)8-4-9-25-19(16-5-3-10-29-16)18(21(27)22(25)28)20(26)17-12-13-11-14(23)6-7-15(13)30-17/h3,5-7,10-12,19,27H,4,8-9H2,1-2H3. The van der Waals surface area contributed by atoms with Gasteiger partial charge in [-0.05, 0) is 63.5 Å². The average molecular weight is 473 g/mol. The lowest BCUT2D eigenvalue weighted by Crippen LogP contribution is -2.33. The fraction of sp³-hybridized carbons (Fsp3) is 0.273. The molecule has 1 aliphatic heterocycles. The van der Waals surface area contributed by atoms with E-state index in [9.17, 15) is 14.7 Å². The second-order valence-corrected chi connectivity index (χ2v) is 8.37. The minimum absolute atomic E-state index is 0.0297. The number of ketones is 1. The van der Waals surface area contributed by atoms with Gasteiger partial charge in [0.1, 0.15) is 17.4 Å². The van der Waals surface area contributed by atoms with Crippen molar-refractivity contribution < 1.29 is 23.5 Å². The van der Waals surface area contributed by atoms with Gasteiger partial charge in [0.15, 0.2) is 11.5 Å². The van der Waals surface area contributed by atoms with Crippen LogP contribution in [0.25, 0.3) is 11.0 Å². The van der Waals surface area contributed by atoms with Gasteiger partial charge in [0.05, 0.1) is 11.8 Å². The predicted octanol–water partition coefficient (Wildman–Crippen LogP) is 4.32. The first-order chi connectivity index (χ1) is 14.4. The summed E-state index contributed by atoms with van der Waals surface area (Å²) in [6, 6.07) is 9.59. The number of hydrogen-bond acceptors (Lipinski definition) is 6. The van der Waals surface area contributed by atoms with Crippen LogP contribution >= 0.6 is 15.9 Å². The highest BCUT2D eigenvalue weighted by atomic mass is 79.9. The van der Waals surface area contributed by atoms with Crippen molar-refractivity contribution in [2.75, 3.05) is 27.2 Å². The smallest absolute Gasteiger partial charge is 0.290 e. The summed E-state index contributed by atoms with van der Waals surface area (Å²) in [6.07, 6.45) is 2.16. The Morgan fingerprint density at radius 1 is 1.27 bits per heavy atom. The molecule has 1 amide bonds. The van der Waals surface area contributed by atoms with Gasteiger partial charge in [0.2, 0.25) is 5.78 Å². The summed E-state index contributed by atoms with van der Waals surface area (Å²) in [5.74, 6) is -1.21. The van der Waals surface area contributed by atoms with E-state index in [0.29, 0.717) is 24.3 Å². The average Bonchev–Trinajstić information content (AvgIpc) is 3.41. The van der Waals surface area contributed by atoms with Gasteiger partial charge < -0.3 is 23.7 Å². The van der Waals surface area contributed by atoms with Crippen molar-refractivity contribution in [1.82, 2.24) is 9.80 Å². The van der Waals surface area contributed by atoms with Crippen LogP contribution < -0.4 is 0 Å². The third-order valence-electron chi connectivity index (χ3n) is 5.07. The summed E-state index contributed by atoms with van der Waals surface area (Å²) < 4.78 is 12.1. The second-order valence-electron chi connectivity index (χ2n) is 7.46. The molecule has 4 rings (SSSR count). The Labute approximate surface area is 181 Å². The minimum Gasteiger partial charge on any atom is -0.503 e. The van der Waals surface area contributed by atoms with Crippen LogP contribution in [-0.2, 0) is 4.79 Å². The largest absolute Gasteiger partial charge is 0.503 e. The Morgan fingerprint density at radius 3 is 2.77 bits per heavy atom. The van der Waals surface area contributed by atoms with E-state index >= 15 is 0 Å². The van der Waals surface area contributed by atoms with Crippen LogP contribution in [0, 0.1) is 0 Å². The molecule has 3 aromatic rings. The summed E-state index contributed by atoms with van der Waals surface area (Å²) in [6.45, 7) is 1.13. The van der Waals surface area contributed by atoms with Crippen molar-refractivity contribution in [3.63, 3.8) is 0 Å². The molecule has 1 N–H and O–H groups in total. The summed E-state index contributed by atoms with van der Waals surface area (Å²) >= 11 is 3.40. The highest BCUT2D eigenvalue weighted by Gasteiger charge is 2.45. The monoisotopic (exact) mass is 472 g/mol. The molecule has 0 aliphatic carbocycles. The molecule has 0 bridgehead atoms. The molecular weight excluding hydrogens is 452 g/mol. The number of aliphatic hydroxyl groups excluding tert-OH is 1. The van der Waals surface area contributed by atoms with Gasteiger partial charge in [-0.3, -0.25) is 9.59 Å². The van der Waals surface area contributed by atoms with Crippen molar-refractivity contribution in [2.45, 2.75) is 12.5 Å². The number of benzene rings is 1. The van der Waals surface area contributed by atoms with Crippen molar-refractivity contribution in [3.05, 3.63) is 70.0 Å². The molecule has 0 spiro atoms. The lowest BCUT2D eigenvalue weighted by atomic mass is 9.99. The Morgan fingerprint density at radius 2 is 2.07 bits per heavy atom. The molecule has 0 radical (unpaired) electrons. The quantitative estimate of drug-likeness (QED) is 0.515. The molecule has 1 atom stereocenters. The van der Waals surface area contributed by atoms with Crippen molar-refractivity contribution >= 4 is 38.6 Å². The number of carbonyl (C=O) groups is 2. The van der Waals surface area contributed by atoms with Crippen LogP contribution in [0.1, 0.15) is 28.8 Å². The number of rotatable bonds is 7. The van der Waals surface area contributed by atoms with E-state index in [0.717, 1.165) is 16.4 Å². The predicted molar refractivity (Wildman–Crippen MR) is 114 cm³/mol. The van der Waals surface area contributed by atoms with Gasteiger partial charge >= 0.3 is 0 Å². The number of amides is 1. The Hall–Kier alpha value is -2.84. The fourth-order valence-corrected chi connectivity index (χ4v) is 4.05. The lowest BCUT2D eigenvalue weighted by Gasteiger charge is -2.25. The highest BCUT2D eigenvalue weighted by Crippen LogP contribution is 2.40. The first-order valence-electron chi connectivity index (χ1n) is 9.53. The van der Waals surface area contributed by atoms with E-state index in [-0.39, 0.29) is 11.3 Å². The normalized spacial score (nSPS) is 17.0. The van der Waals surface area contributed by atoms with Crippen LogP contribution in [0.15, 0.2) is 67.3 Å². The summed E-state index contributed by atoms with van der Waals surface area (Å²) in [5, 5.41) is 11.4. The molecule has 7 nitrogen and oxygen atoms in total. The van der Waals surface area contributed by atoms with Gasteiger partial charge in [-0.2, -0.15) is 0 Å². The Kier molecular flexibility index (Phi) is 5.53. The molecule has 1 aromatic carbocycles. The molecule has 3 heterocycles. The third kappa shape index (κ3) is 3.68. The van der Waals surface area contributed by atoms with Crippen LogP contribution in [0.3, 0.4) is 0 Å². The number of halogens is 1. The van der Waals surface area contributed by atoms with Crippen LogP contribution in [0.5, 0.6) is 0 Å². The number of fused-ring (bicyclic) bond motifs is 1. The number of furan rings is 2. The summed E-state index contributed by atoms with van der Waals surface area (Å²) in [4.78, 5) is 29.6. The maximum atomic E-state index is 13.3. The van der Waals surface area contributed by atoms with Gasteiger partial charge in [0.25, 0.3) is 5.91 Å². The topological polar surface area (TPSA) is 87.1 Å². The lowest BCUT2D eigenvalue weighted by molar-refractivity contribution is -0.129. The zero-order valence-corrected chi connectivity index (χ0v) is 18.2. The molecule has 1 aliphatic rings. The molecule has 1 unspecified atom stereocenters. The molecule has 2 aromatic heterocycles. The number of nitrogens with zero attached hydrogens (tertiary/aromatic N) is 2. The zero-order valence-electron chi connectivity index (χ0n) is 16.6. The minimum atomic E-state index is -0.804. The van der Waals surface area contributed by atoms with Crippen LogP contribution in [0.2, 0.25) is 0 Å². The summed E-state index contributed by atoms with van der Waals surface area (Å²) in [5.41, 5.74) is 0.515. The van der Waals surface area contributed by atoms with Crippen LogP contribution in [-0.4, -0.2) is 53.8 Å². The van der Waals surface area contributed by atoms with Crippen molar-refractivity contribution in [2.24, 2.45) is 0 Å². The van der Waals surface area contributed by atoms with E-state index in [2.05, 4.69) is 15.9 Å². The van der Waals surface area contributed by atoms with E-state index in [1.54, 1.807) is 24.3 Å². The molecule has 30 heavy (non-hydrogen) atoms. The van der Waals surface area contributed by atoms with E-state index in [1.165, 1.54) is 11.2 Å².